The summed E-state index contributed by atoms with van der Waals surface area (Å²) < 4.78 is 6.27. The molecule has 2 aromatic carbocycles. The molecule has 0 aliphatic carbocycles. The van der Waals surface area contributed by atoms with Crippen LogP contribution in [0.15, 0.2) is 42.5 Å². The third-order valence-electron chi connectivity index (χ3n) is 2.83. The SMILES string of the molecule is COc1ccc(-c2ccc3nc(N)sc3c2)cc1. The second kappa shape index (κ2) is 4.31. The summed E-state index contributed by atoms with van der Waals surface area (Å²) in [5.74, 6) is 0.863. The van der Waals surface area contributed by atoms with Crippen LogP contribution >= 0.6 is 11.3 Å². The highest BCUT2D eigenvalue weighted by molar-refractivity contribution is 7.22. The van der Waals surface area contributed by atoms with E-state index in [1.165, 1.54) is 11.3 Å². The molecule has 0 bridgehead atoms. The van der Waals surface area contributed by atoms with Crippen molar-refractivity contribution in [3.8, 4) is 16.9 Å². The topological polar surface area (TPSA) is 48.1 Å². The average Bonchev–Trinajstić information content (AvgIpc) is 2.78. The second-order valence-corrected chi connectivity index (χ2v) is 5.03. The highest BCUT2D eigenvalue weighted by Gasteiger charge is 2.04. The van der Waals surface area contributed by atoms with Gasteiger partial charge in [0.25, 0.3) is 0 Å². The summed E-state index contributed by atoms with van der Waals surface area (Å²) in [5, 5.41) is 0.608. The van der Waals surface area contributed by atoms with E-state index in [2.05, 4.69) is 17.1 Å². The van der Waals surface area contributed by atoms with E-state index < -0.39 is 0 Å². The van der Waals surface area contributed by atoms with Crippen molar-refractivity contribution in [1.29, 1.82) is 0 Å². The van der Waals surface area contributed by atoms with Gasteiger partial charge in [-0.05, 0) is 35.4 Å². The zero-order chi connectivity index (χ0) is 12.5. The number of nitrogens with two attached hydrogens (primary N) is 1. The van der Waals surface area contributed by atoms with Gasteiger partial charge in [0, 0.05) is 0 Å². The van der Waals surface area contributed by atoms with Gasteiger partial charge in [-0.3, -0.25) is 0 Å². The summed E-state index contributed by atoms with van der Waals surface area (Å²) in [6.07, 6.45) is 0. The van der Waals surface area contributed by atoms with E-state index in [0.29, 0.717) is 5.13 Å². The maximum absolute atomic E-state index is 5.71. The van der Waals surface area contributed by atoms with Crippen molar-refractivity contribution in [1.82, 2.24) is 4.98 Å². The number of thiazole rings is 1. The average molecular weight is 256 g/mol. The number of methoxy groups -OCH3 is 1. The summed E-state index contributed by atoms with van der Waals surface area (Å²) in [6.45, 7) is 0. The number of benzene rings is 2. The fourth-order valence-electron chi connectivity index (χ4n) is 1.91. The summed E-state index contributed by atoms with van der Waals surface area (Å²) in [4.78, 5) is 4.25. The number of nitrogens with zero attached hydrogens (tertiary/aromatic N) is 1. The molecule has 0 amide bonds. The standard InChI is InChI=1S/C14H12N2OS/c1-17-11-5-2-9(3-6-11)10-4-7-12-13(8-10)18-14(15)16-12/h2-8H,1H3,(H2,15,16). The summed E-state index contributed by atoms with van der Waals surface area (Å²) in [5.41, 5.74) is 8.98. The monoisotopic (exact) mass is 256 g/mol. The van der Waals surface area contributed by atoms with Gasteiger partial charge in [0.15, 0.2) is 5.13 Å². The van der Waals surface area contributed by atoms with Crippen LogP contribution in [0.25, 0.3) is 21.3 Å². The summed E-state index contributed by atoms with van der Waals surface area (Å²) >= 11 is 1.51. The van der Waals surface area contributed by atoms with Crippen molar-refractivity contribution in [2.24, 2.45) is 0 Å². The van der Waals surface area contributed by atoms with Crippen molar-refractivity contribution < 1.29 is 4.74 Å². The van der Waals surface area contributed by atoms with E-state index in [-0.39, 0.29) is 0 Å². The van der Waals surface area contributed by atoms with Crippen molar-refractivity contribution in [3.63, 3.8) is 0 Å². The molecule has 18 heavy (non-hydrogen) atoms. The molecule has 2 N–H and O–H groups in total. The number of anilines is 1. The molecule has 0 radical (unpaired) electrons. The molecule has 1 aromatic heterocycles. The molecule has 90 valence electrons. The minimum absolute atomic E-state index is 0.608. The van der Waals surface area contributed by atoms with Gasteiger partial charge in [-0.15, -0.1) is 0 Å². The molecule has 0 aliphatic heterocycles. The quantitative estimate of drug-likeness (QED) is 0.762. The maximum Gasteiger partial charge on any atom is 0.181 e. The number of aromatic nitrogens is 1. The highest BCUT2D eigenvalue weighted by atomic mass is 32.1. The predicted molar refractivity (Wildman–Crippen MR) is 76.0 cm³/mol. The molecule has 0 aliphatic rings. The van der Waals surface area contributed by atoms with Gasteiger partial charge in [0.2, 0.25) is 0 Å². The Morgan fingerprint density at radius 3 is 2.50 bits per heavy atom. The van der Waals surface area contributed by atoms with Crippen LogP contribution < -0.4 is 10.5 Å². The van der Waals surface area contributed by atoms with E-state index in [4.69, 9.17) is 10.5 Å². The second-order valence-electron chi connectivity index (χ2n) is 3.96. The lowest BCUT2D eigenvalue weighted by Gasteiger charge is -2.03. The molecule has 3 aromatic rings. The molecule has 3 nitrogen and oxygen atoms in total. The number of fused-ring (bicyclic) bond motifs is 1. The Kier molecular flexibility index (Phi) is 2.64. The first-order chi connectivity index (χ1) is 8.76. The first kappa shape index (κ1) is 11.0. The molecular weight excluding hydrogens is 244 g/mol. The lowest BCUT2D eigenvalue weighted by Crippen LogP contribution is -1.82. The van der Waals surface area contributed by atoms with Gasteiger partial charge in [-0.1, -0.05) is 29.5 Å². The van der Waals surface area contributed by atoms with Crippen molar-refractivity contribution in [3.05, 3.63) is 42.5 Å². The first-order valence-corrected chi connectivity index (χ1v) is 6.38. The van der Waals surface area contributed by atoms with Gasteiger partial charge < -0.3 is 10.5 Å². The number of hydrogen-bond donors (Lipinski definition) is 1. The summed E-state index contributed by atoms with van der Waals surface area (Å²) in [7, 11) is 1.67. The van der Waals surface area contributed by atoms with Crippen LogP contribution in [0.1, 0.15) is 0 Å². The van der Waals surface area contributed by atoms with Gasteiger partial charge in [0.05, 0.1) is 17.3 Å². The van der Waals surface area contributed by atoms with Crippen LogP contribution in [0.5, 0.6) is 5.75 Å². The predicted octanol–water partition coefficient (Wildman–Crippen LogP) is 3.55. The molecule has 0 atom stereocenters. The third-order valence-corrected chi connectivity index (χ3v) is 3.68. The zero-order valence-corrected chi connectivity index (χ0v) is 10.7. The smallest absolute Gasteiger partial charge is 0.181 e. The van der Waals surface area contributed by atoms with E-state index in [1.807, 2.05) is 30.3 Å². The van der Waals surface area contributed by atoms with Crippen LogP contribution in [-0.4, -0.2) is 12.1 Å². The van der Waals surface area contributed by atoms with Crippen molar-refractivity contribution in [2.75, 3.05) is 12.8 Å². The van der Waals surface area contributed by atoms with E-state index in [1.54, 1.807) is 7.11 Å². The molecule has 4 heteroatoms. The Hall–Kier alpha value is -2.07. The van der Waals surface area contributed by atoms with Gasteiger partial charge >= 0.3 is 0 Å². The molecule has 0 spiro atoms. The first-order valence-electron chi connectivity index (χ1n) is 5.57. The summed E-state index contributed by atoms with van der Waals surface area (Å²) in [6, 6.07) is 14.2. The fraction of sp³-hybridized carbons (Fsp3) is 0.0714. The number of ether oxygens (including phenoxy) is 1. The Morgan fingerprint density at radius 2 is 1.78 bits per heavy atom. The lowest BCUT2D eigenvalue weighted by molar-refractivity contribution is 0.415. The molecule has 0 saturated heterocycles. The molecule has 1 heterocycles. The van der Waals surface area contributed by atoms with Crippen LogP contribution in [0.3, 0.4) is 0 Å². The molecule has 0 unspecified atom stereocenters. The number of rotatable bonds is 2. The van der Waals surface area contributed by atoms with Crippen LogP contribution in [0.4, 0.5) is 5.13 Å². The Bertz CT molecular complexity index is 689. The largest absolute Gasteiger partial charge is 0.497 e. The minimum atomic E-state index is 0.608. The molecule has 0 saturated carbocycles. The van der Waals surface area contributed by atoms with Crippen LogP contribution in [0, 0.1) is 0 Å². The minimum Gasteiger partial charge on any atom is -0.497 e. The van der Waals surface area contributed by atoms with E-state index in [0.717, 1.165) is 27.1 Å². The van der Waals surface area contributed by atoms with E-state index >= 15 is 0 Å². The third kappa shape index (κ3) is 1.91. The normalized spacial score (nSPS) is 10.7. The molecule has 0 fully saturated rings. The van der Waals surface area contributed by atoms with Crippen LogP contribution in [0.2, 0.25) is 0 Å². The highest BCUT2D eigenvalue weighted by Crippen LogP contribution is 2.29. The Labute approximate surface area is 109 Å². The maximum atomic E-state index is 5.71. The Balaban J connectivity index is 2.06. The number of nitrogen functional groups attached to an aromatic ring is 1. The zero-order valence-electron chi connectivity index (χ0n) is 9.88. The molecular formula is C14H12N2OS. The van der Waals surface area contributed by atoms with Gasteiger partial charge in [-0.2, -0.15) is 0 Å². The van der Waals surface area contributed by atoms with Crippen molar-refractivity contribution in [2.45, 2.75) is 0 Å². The van der Waals surface area contributed by atoms with Gasteiger partial charge in [-0.25, -0.2) is 4.98 Å². The van der Waals surface area contributed by atoms with E-state index in [9.17, 15) is 0 Å². The molecule has 3 rings (SSSR count). The Morgan fingerprint density at radius 1 is 1.06 bits per heavy atom. The fourth-order valence-corrected chi connectivity index (χ4v) is 2.68. The lowest BCUT2D eigenvalue weighted by atomic mass is 10.1. The number of hydrogen-bond acceptors (Lipinski definition) is 4. The van der Waals surface area contributed by atoms with Gasteiger partial charge in [0.1, 0.15) is 5.75 Å². The van der Waals surface area contributed by atoms with Crippen LogP contribution in [-0.2, 0) is 0 Å². The van der Waals surface area contributed by atoms with Crippen molar-refractivity contribution >= 4 is 26.7 Å².